The summed E-state index contributed by atoms with van der Waals surface area (Å²) in [6.45, 7) is 6.17. The highest BCUT2D eigenvalue weighted by atomic mass is 16.2. The fourth-order valence-electron chi connectivity index (χ4n) is 5.49. The van der Waals surface area contributed by atoms with Gasteiger partial charge in [-0.15, -0.1) is 0 Å². The van der Waals surface area contributed by atoms with Crippen LogP contribution in [-0.4, -0.2) is 104 Å². The van der Waals surface area contributed by atoms with E-state index in [0.29, 0.717) is 51.4 Å². The topological polar surface area (TPSA) is 166 Å². The van der Waals surface area contributed by atoms with Crippen molar-refractivity contribution in [1.82, 2.24) is 31.1 Å². The number of hydrogen-bond acceptors (Lipinski definition) is 7. The summed E-state index contributed by atoms with van der Waals surface area (Å²) in [7, 11) is 1.69. The van der Waals surface area contributed by atoms with Crippen molar-refractivity contribution in [2.75, 3.05) is 52.9 Å². The molecule has 1 spiro atoms. The Hall–Kier alpha value is -3.51. The maximum Gasteiger partial charge on any atom is 0.243 e. The maximum absolute atomic E-state index is 13.0. The second-order valence-corrected chi connectivity index (χ2v) is 11.9. The number of hydrogen-bond donors (Lipinski definition) is 5. The maximum atomic E-state index is 13.0. The largest absolute Gasteiger partial charge is 0.346 e. The lowest BCUT2D eigenvalue weighted by Crippen LogP contribution is -2.63. The number of carbonyl (C=O) groups is 5. The lowest BCUT2D eigenvalue weighted by Gasteiger charge is -2.54. The Morgan fingerprint density at radius 2 is 1.48 bits per heavy atom. The molecule has 3 rings (SSSR count). The van der Waals surface area contributed by atoms with Gasteiger partial charge in [-0.3, -0.25) is 24.0 Å². The zero-order valence-electron chi connectivity index (χ0n) is 25.1. The number of likely N-dealkylation sites (tertiary alicyclic amines) is 2. The second kappa shape index (κ2) is 15.6. The molecule has 1 aromatic carbocycles. The molecule has 5 amide bonds. The summed E-state index contributed by atoms with van der Waals surface area (Å²) < 4.78 is 0. The first kappa shape index (κ1) is 33.0. The van der Waals surface area contributed by atoms with Crippen LogP contribution >= 0.6 is 0 Å². The van der Waals surface area contributed by atoms with Gasteiger partial charge >= 0.3 is 0 Å². The number of piperidine rings is 1. The quantitative estimate of drug-likeness (QED) is 0.194. The number of likely N-dealkylation sites (N-methyl/N-ethyl adjacent to an activating group) is 1. The lowest BCUT2D eigenvalue weighted by atomic mass is 9.72. The SMILES string of the molecule is CNC(Cc1ccccc1)C(=O)NCC(=O)NC(CCC(C)C)C(=O)NCC(=O)N1CC2(CCN(C(=O)CN)CC2)C1. The highest BCUT2D eigenvalue weighted by Crippen LogP contribution is 2.40. The van der Waals surface area contributed by atoms with Gasteiger partial charge in [0.25, 0.3) is 0 Å². The number of nitrogens with two attached hydrogens (primary N) is 1. The summed E-state index contributed by atoms with van der Waals surface area (Å²) in [6, 6.07) is 8.26. The first-order valence-electron chi connectivity index (χ1n) is 14.9. The van der Waals surface area contributed by atoms with Crippen LogP contribution in [0.1, 0.15) is 45.1 Å². The highest BCUT2D eigenvalue weighted by Gasteiger charge is 2.47. The molecular weight excluding hydrogens is 538 g/mol. The van der Waals surface area contributed by atoms with Crippen LogP contribution in [0, 0.1) is 11.3 Å². The Bertz CT molecular complexity index is 1080. The predicted octanol–water partition coefficient (Wildman–Crippen LogP) is -0.620. The van der Waals surface area contributed by atoms with Gasteiger partial charge in [0.1, 0.15) is 6.04 Å². The molecule has 12 heteroatoms. The van der Waals surface area contributed by atoms with Crippen molar-refractivity contribution < 1.29 is 24.0 Å². The van der Waals surface area contributed by atoms with Crippen molar-refractivity contribution in [1.29, 1.82) is 0 Å². The van der Waals surface area contributed by atoms with Crippen LogP contribution in [0.5, 0.6) is 0 Å². The van der Waals surface area contributed by atoms with Crippen molar-refractivity contribution in [2.45, 2.75) is 58.0 Å². The second-order valence-electron chi connectivity index (χ2n) is 11.9. The number of nitrogens with one attached hydrogen (secondary N) is 4. The molecule has 1 aromatic rings. The zero-order valence-corrected chi connectivity index (χ0v) is 25.1. The van der Waals surface area contributed by atoms with E-state index in [9.17, 15) is 24.0 Å². The van der Waals surface area contributed by atoms with Crippen molar-refractivity contribution in [3.63, 3.8) is 0 Å². The molecule has 0 saturated carbocycles. The van der Waals surface area contributed by atoms with E-state index in [0.717, 1.165) is 18.4 Å². The average molecular weight is 586 g/mol. The van der Waals surface area contributed by atoms with Crippen LogP contribution in [-0.2, 0) is 30.4 Å². The van der Waals surface area contributed by atoms with Crippen molar-refractivity contribution >= 4 is 29.5 Å². The van der Waals surface area contributed by atoms with Crippen LogP contribution in [0.2, 0.25) is 0 Å². The molecule has 42 heavy (non-hydrogen) atoms. The van der Waals surface area contributed by atoms with Crippen molar-refractivity contribution in [3.8, 4) is 0 Å². The third-order valence-corrected chi connectivity index (χ3v) is 8.23. The van der Waals surface area contributed by atoms with E-state index in [2.05, 4.69) is 21.3 Å². The Morgan fingerprint density at radius 1 is 0.857 bits per heavy atom. The summed E-state index contributed by atoms with van der Waals surface area (Å²) in [6.07, 6.45) is 3.25. The lowest BCUT2D eigenvalue weighted by molar-refractivity contribution is -0.149. The summed E-state index contributed by atoms with van der Waals surface area (Å²) in [5.41, 5.74) is 6.48. The number of amides is 5. The summed E-state index contributed by atoms with van der Waals surface area (Å²) in [5.74, 6) is -1.12. The van der Waals surface area contributed by atoms with Crippen LogP contribution in [0.4, 0.5) is 0 Å². The van der Waals surface area contributed by atoms with Gasteiger partial charge in [-0.05, 0) is 50.6 Å². The number of benzene rings is 1. The van der Waals surface area contributed by atoms with Crippen LogP contribution < -0.4 is 27.0 Å². The van der Waals surface area contributed by atoms with Gasteiger partial charge in [0, 0.05) is 31.6 Å². The number of rotatable bonds is 14. The van der Waals surface area contributed by atoms with Crippen LogP contribution in [0.25, 0.3) is 0 Å². The Balaban J connectivity index is 1.43. The van der Waals surface area contributed by atoms with Gasteiger partial charge in [0.2, 0.25) is 29.5 Å². The molecule has 12 nitrogen and oxygen atoms in total. The van der Waals surface area contributed by atoms with E-state index in [-0.39, 0.29) is 42.8 Å². The summed E-state index contributed by atoms with van der Waals surface area (Å²) in [4.78, 5) is 66.5. The van der Waals surface area contributed by atoms with E-state index in [4.69, 9.17) is 5.73 Å². The normalized spacial score (nSPS) is 17.3. The first-order chi connectivity index (χ1) is 20.1. The zero-order chi connectivity index (χ0) is 30.7. The van der Waals surface area contributed by atoms with Crippen molar-refractivity contribution in [2.24, 2.45) is 17.1 Å². The molecule has 232 valence electrons. The van der Waals surface area contributed by atoms with E-state index < -0.39 is 23.9 Å². The Morgan fingerprint density at radius 3 is 2.07 bits per heavy atom. The van der Waals surface area contributed by atoms with E-state index in [1.165, 1.54) is 0 Å². The molecule has 2 fully saturated rings. The Kier molecular flexibility index (Phi) is 12.3. The van der Waals surface area contributed by atoms with E-state index in [1.807, 2.05) is 44.2 Å². The van der Waals surface area contributed by atoms with Crippen LogP contribution in [0.3, 0.4) is 0 Å². The molecule has 0 aliphatic carbocycles. The van der Waals surface area contributed by atoms with Gasteiger partial charge in [0.15, 0.2) is 0 Å². The average Bonchev–Trinajstić information content (AvgIpc) is 2.98. The Labute approximate surface area is 248 Å². The summed E-state index contributed by atoms with van der Waals surface area (Å²) >= 11 is 0. The third-order valence-electron chi connectivity index (χ3n) is 8.23. The first-order valence-corrected chi connectivity index (χ1v) is 14.9. The fourth-order valence-corrected chi connectivity index (χ4v) is 5.49. The molecule has 2 aliphatic rings. The van der Waals surface area contributed by atoms with Gasteiger partial charge in [-0.25, -0.2) is 0 Å². The molecule has 0 aromatic heterocycles. The van der Waals surface area contributed by atoms with Crippen molar-refractivity contribution in [3.05, 3.63) is 35.9 Å². The molecule has 6 N–H and O–H groups in total. The summed E-state index contributed by atoms with van der Waals surface area (Å²) in [5, 5.41) is 11.0. The minimum absolute atomic E-state index is 0.0100. The third kappa shape index (κ3) is 9.52. The molecule has 0 radical (unpaired) electrons. The standard InChI is InChI=1S/C30H47N7O5/c1-21(2)9-10-23(35-25(38)17-33-29(42)24(32-3)15-22-7-5-4-6-8-22)28(41)34-18-27(40)37-19-30(20-37)11-13-36(14-12-30)26(39)16-31/h4-8,21,23-24,32H,9-20,31H2,1-3H3,(H,33,42)(H,34,41)(H,35,38). The van der Waals surface area contributed by atoms with Gasteiger partial charge < -0.3 is 36.8 Å². The van der Waals surface area contributed by atoms with E-state index >= 15 is 0 Å². The number of carbonyl (C=O) groups excluding carboxylic acids is 5. The van der Waals surface area contributed by atoms with Gasteiger partial charge in [-0.2, -0.15) is 0 Å². The minimum Gasteiger partial charge on any atom is -0.346 e. The molecular formula is C30H47N7O5. The predicted molar refractivity (Wildman–Crippen MR) is 159 cm³/mol. The van der Waals surface area contributed by atoms with Gasteiger partial charge in [-0.1, -0.05) is 44.2 Å². The molecule has 2 unspecified atom stereocenters. The fraction of sp³-hybridized carbons (Fsp3) is 0.633. The molecule has 0 bridgehead atoms. The van der Waals surface area contributed by atoms with E-state index in [1.54, 1.807) is 16.8 Å². The molecule has 2 heterocycles. The molecule has 2 aliphatic heterocycles. The number of nitrogens with zero attached hydrogens (tertiary/aromatic N) is 2. The van der Waals surface area contributed by atoms with Gasteiger partial charge in [0.05, 0.1) is 25.7 Å². The molecule has 2 saturated heterocycles. The monoisotopic (exact) mass is 585 g/mol. The smallest absolute Gasteiger partial charge is 0.243 e. The minimum atomic E-state index is -0.818. The molecule has 2 atom stereocenters. The van der Waals surface area contributed by atoms with Crippen LogP contribution in [0.15, 0.2) is 30.3 Å². The highest BCUT2D eigenvalue weighted by molar-refractivity contribution is 5.92.